The zero-order valence-electron chi connectivity index (χ0n) is 16.6. The van der Waals surface area contributed by atoms with E-state index in [0.717, 1.165) is 5.69 Å². The molecule has 4 rings (SSSR count). The topological polar surface area (TPSA) is 12.4 Å². The van der Waals surface area contributed by atoms with Crippen molar-refractivity contribution in [3.63, 3.8) is 0 Å². The van der Waals surface area contributed by atoms with Gasteiger partial charge in [0.2, 0.25) is 0 Å². The summed E-state index contributed by atoms with van der Waals surface area (Å²) in [5, 5.41) is 4.10. The monoisotopic (exact) mass is 385 g/mol. The summed E-state index contributed by atoms with van der Waals surface area (Å²) in [5.41, 5.74) is 2.45. The number of rotatable bonds is 5. The van der Waals surface area contributed by atoms with Crippen LogP contribution in [0.1, 0.15) is 39.0 Å². The molecule has 0 radical (unpaired) electrons. The van der Waals surface area contributed by atoms with Gasteiger partial charge in [0.1, 0.15) is 0 Å². The van der Waals surface area contributed by atoms with Crippen LogP contribution in [-0.4, -0.2) is 5.71 Å². The van der Waals surface area contributed by atoms with Gasteiger partial charge in [-0.25, -0.2) is 0 Å². The lowest BCUT2D eigenvalue weighted by molar-refractivity contribution is 0.438. The molecule has 1 aliphatic rings. The molecule has 0 bridgehead atoms. The van der Waals surface area contributed by atoms with Gasteiger partial charge in [-0.1, -0.05) is 98.1 Å². The maximum absolute atomic E-state index is 5.19. The first kappa shape index (κ1) is 19.1. The Balaban J connectivity index is 1.78. The highest BCUT2D eigenvalue weighted by Gasteiger charge is 2.20. The van der Waals surface area contributed by atoms with Gasteiger partial charge in [-0.2, -0.15) is 0 Å². The summed E-state index contributed by atoms with van der Waals surface area (Å²) in [6.07, 6.45) is 6.67. The quantitative estimate of drug-likeness (QED) is 0.371. The van der Waals surface area contributed by atoms with Gasteiger partial charge < -0.3 is 0 Å². The van der Waals surface area contributed by atoms with Crippen molar-refractivity contribution in [3.8, 4) is 0 Å². The Kier molecular flexibility index (Phi) is 6.34. The van der Waals surface area contributed by atoms with Crippen LogP contribution >= 0.6 is 7.92 Å². The molecule has 0 aromatic heterocycles. The first-order valence-corrected chi connectivity index (χ1v) is 11.7. The lowest BCUT2D eigenvalue weighted by atomic mass is 9.86. The average Bonchev–Trinajstić information content (AvgIpc) is 2.77. The largest absolute Gasteiger partial charge is 0.257 e. The fourth-order valence-electron chi connectivity index (χ4n) is 4.13. The number of para-hydroxylation sites is 1. The highest BCUT2D eigenvalue weighted by atomic mass is 31.1. The molecule has 1 aliphatic carbocycles. The van der Waals surface area contributed by atoms with Gasteiger partial charge in [-0.05, 0) is 50.3 Å². The Morgan fingerprint density at radius 1 is 0.714 bits per heavy atom. The summed E-state index contributed by atoms with van der Waals surface area (Å²) in [4.78, 5) is 5.19. The van der Waals surface area contributed by atoms with Gasteiger partial charge >= 0.3 is 0 Å². The summed E-state index contributed by atoms with van der Waals surface area (Å²) in [6, 6.07) is 30.6. The zero-order valence-corrected chi connectivity index (χ0v) is 17.5. The van der Waals surface area contributed by atoms with Gasteiger partial charge in [0, 0.05) is 11.0 Å². The predicted octanol–water partition coefficient (Wildman–Crippen LogP) is 6.12. The van der Waals surface area contributed by atoms with Crippen molar-refractivity contribution < 1.29 is 0 Å². The summed E-state index contributed by atoms with van der Waals surface area (Å²) >= 11 is 0. The highest BCUT2D eigenvalue weighted by Crippen LogP contribution is 2.37. The summed E-state index contributed by atoms with van der Waals surface area (Å²) in [6.45, 7) is 2.24. The molecule has 142 valence electrons. The number of hydrogen-bond donors (Lipinski definition) is 0. The molecule has 1 saturated carbocycles. The Labute approximate surface area is 170 Å². The molecule has 0 spiro atoms. The molecule has 0 heterocycles. The van der Waals surface area contributed by atoms with Crippen LogP contribution in [0.15, 0.2) is 89.9 Å². The lowest BCUT2D eigenvalue weighted by Crippen LogP contribution is -2.21. The molecule has 0 N–H and O–H groups in total. The molecule has 2 heteroatoms. The van der Waals surface area contributed by atoms with Crippen LogP contribution < -0.4 is 15.9 Å². The normalized spacial score (nSPS) is 15.7. The highest BCUT2D eigenvalue weighted by molar-refractivity contribution is 7.80. The molecule has 0 atom stereocenters. The Morgan fingerprint density at radius 2 is 1.25 bits per heavy atom. The van der Waals surface area contributed by atoms with Crippen LogP contribution in [0.3, 0.4) is 0 Å². The molecular formula is C26H28NP. The second kappa shape index (κ2) is 9.30. The first-order valence-electron chi connectivity index (χ1n) is 10.4. The average molecular weight is 385 g/mol. The third-order valence-electron chi connectivity index (χ3n) is 5.64. The third-order valence-corrected chi connectivity index (χ3v) is 8.13. The van der Waals surface area contributed by atoms with E-state index in [2.05, 4.69) is 91.9 Å². The van der Waals surface area contributed by atoms with E-state index < -0.39 is 7.92 Å². The van der Waals surface area contributed by atoms with E-state index in [1.54, 1.807) is 0 Å². The van der Waals surface area contributed by atoms with Crippen LogP contribution in [0.5, 0.6) is 0 Å². The molecule has 28 heavy (non-hydrogen) atoms. The van der Waals surface area contributed by atoms with Crippen LogP contribution in [0, 0.1) is 5.92 Å². The smallest absolute Gasteiger partial charge is 0.0712 e. The molecule has 0 aliphatic heterocycles. The maximum Gasteiger partial charge on any atom is 0.0712 e. The van der Waals surface area contributed by atoms with Gasteiger partial charge in [-0.15, -0.1) is 0 Å². The lowest BCUT2D eigenvalue weighted by Gasteiger charge is -2.23. The Hall–Kier alpha value is -2.24. The van der Waals surface area contributed by atoms with E-state index in [-0.39, 0.29) is 0 Å². The van der Waals surface area contributed by atoms with E-state index in [1.807, 2.05) is 0 Å². The van der Waals surface area contributed by atoms with E-state index in [4.69, 9.17) is 4.99 Å². The minimum atomic E-state index is -0.622. The molecule has 3 aromatic rings. The van der Waals surface area contributed by atoms with Crippen molar-refractivity contribution >= 4 is 35.2 Å². The van der Waals surface area contributed by atoms with Crippen molar-refractivity contribution in [1.29, 1.82) is 0 Å². The molecule has 0 saturated heterocycles. The van der Waals surface area contributed by atoms with Crippen molar-refractivity contribution in [2.24, 2.45) is 10.9 Å². The molecule has 1 fully saturated rings. The van der Waals surface area contributed by atoms with E-state index in [1.165, 1.54) is 53.7 Å². The number of aliphatic imine (C=N–C) groups is 1. The van der Waals surface area contributed by atoms with Crippen LogP contribution in [0.2, 0.25) is 0 Å². The minimum absolute atomic E-state index is 0.622. The molecule has 3 aromatic carbocycles. The van der Waals surface area contributed by atoms with Crippen molar-refractivity contribution in [1.82, 2.24) is 0 Å². The van der Waals surface area contributed by atoms with Gasteiger partial charge in [0.15, 0.2) is 0 Å². The number of benzene rings is 3. The van der Waals surface area contributed by atoms with Crippen molar-refractivity contribution in [3.05, 3.63) is 84.9 Å². The third kappa shape index (κ3) is 4.42. The van der Waals surface area contributed by atoms with Crippen molar-refractivity contribution in [2.45, 2.75) is 39.0 Å². The molecule has 1 nitrogen and oxygen atoms in total. The maximum atomic E-state index is 5.19. The van der Waals surface area contributed by atoms with Gasteiger partial charge in [0.05, 0.1) is 5.69 Å². The van der Waals surface area contributed by atoms with Crippen LogP contribution in [-0.2, 0) is 0 Å². The summed E-state index contributed by atoms with van der Waals surface area (Å²) in [7, 11) is -0.622. The fourth-order valence-corrected chi connectivity index (χ4v) is 6.51. The second-order valence-electron chi connectivity index (χ2n) is 7.58. The SMILES string of the molecule is CC(=Nc1ccccc1P(c1ccccc1)c1ccccc1)C1CCCCC1. The van der Waals surface area contributed by atoms with Gasteiger partial charge in [-0.3, -0.25) is 4.99 Å². The van der Waals surface area contributed by atoms with Crippen molar-refractivity contribution in [2.75, 3.05) is 0 Å². The number of hydrogen-bond acceptors (Lipinski definition) is 1. The predicted molar refractivity (Wildman–Crippen MR) is 124 cm³/mol. The summed E-state index contributed by atoms with van der Waals surface area (Å²) < 4.78 is 0. The van der Waals surface area contributed by atoms with Crippen LogP contribution in [0.4, 0.5) is 5.69 Å². The number of nitrogens with zero attached hydrogens (tertiary/aromatic N) is 1. The molecule has 0 unspecified atom stereocenters. The van der Waals surface area contributed by atoms with E-state index in [0.29, 0.717) is 5.92 Å². The first-order chi connectivity index (χ1) is 13.8. The molecule has 0 amide bonds. The zero-order chi connectivity index (χ0) is 19.2. The van der Waals surface area contributed by atoms with Crippen LogP contribution in [0.25, 0.3) is 0 Å². The Morgan fingerprint density at radius 3 is 1.86 bits per heavy atom. The second-order valence-corrected chi connectivity index (χ2v) is 9.77. The fraction of sp³-hybridized carbons (Fsp3) is 0.269. The van der Waals surface area contributed by atoms with E-state index in [9.17, 15) is 0 Å². The Bertz CT molecular complexity index is 872. The van der Waals surface area contributed by atoms with E-state index >= 15 is 0 Å². The standard InChI is InChI=1S/C26H28NP/c1-21(22-13-5-2-6-14-22)27-25-19-11-12-20-26(25)28(23-15-7-3-8-16-23)24-17-9-4-10-18-24/h3-4,7-12,15-20,22H,2,5-6,13-14H2,1H3. The van der Waals surface area contributed by atoms with Gasteiger partial charge in [0.25, 0.3) is 0 Å². The molecular weight excluding hydrogens is 357 g/mol. The summed E-state index contributed by atoms with van der Waals surface area (Å²) in [5.74, 6) is 0.654. The minimum Gasteiger partial charge on any atom is -0.257 e.